The number of anilines is 1. The molecule has 132 valence electrons. The molecule has 1 aromatic heterocycles. The van der Waals surface area contributed by atoms with E-state index in [1.807, 2.05) is 28.9 Å². The zero-order valence-corrected chi connectivity index (χ0v) is 15.4. The Balaban J connectivity index is 1.82. The van der Waals surface area contributed by atoms with Crippen molar-refractivity contribution in [1.82, 2.24) is 14.8 Å². The third kappa shape index (κ3) is 2.88. The molecule has 2 heterocycles. The molecule has 5 nitrogen and oxygen atoms in total. The van der Waals surface area contributed by atoms with E-state index in [4.69, 9.17) is 11.6 Å². The second-order valence-corrected chi connectivity index (χ2v) is 7.06. The smallest absolute Gasteiger partial charge is 0.231 e. The Hall–Kier alpha value is -2.66. The van der Waals surface area contributed by atoms with Crippen LogP contribution in [0.2, 0.25) is 5.02 Å². The van der Waals surface area contributed by atoms with Gasteiger partial charge >= 0.3 is 0 Å². The van der Waals surface area contributed by atoms with E-state index >= 15 is 0 Å². The second kappa shape index (κ2) is 6.57. The first-order valence-corrected chi connectivity index (χ1v) is 8.93. The average Bonchev–Trinajstić information content (AvgIpc) is 3.11. The SMILES string of the molecule is CC(=O)N1c2ncnn2[C@@H](c2ccc(C)cc2)C[C@@H]1c1ccc(Cl)cc1. The number of fused-ring (bicyclic) bond motifs is 1. The molecule has 4 rings (SSSR count). The number of benzene rings is 2. The summed E-state index contributed by atoms with van der Waals surface area (Å²) in [4.78, 5) is 18.5. The highest BCUT2D eigenvalue weighted by atomic mass is 35.5. The molecular weight excluding hydrogens is 348 g/mol. The fourth-order valence-electron chi connectivity index (χ4n) is 3.59. The minimum absolute atomic E-state index is 0.0179. The van der Waals surface area contributed by atoms with E-state index in [0.717, 1.165) is 17.5 Å². The van der Waals surface area contributed by atoms with Crippen molar-refractivity contribution in [2.75, 3.05) is 4.90 Å². The first-order valence-electron chi connectivity index (χ1n) is 8.56. The highest BCUT2D eigenvalue weighted by Gasteiger charge is 2.38. The Morgan fingerprint density at radius 3 is 2.31 bits per heavy atom. The number of halogens is 1. The minimum Gasteiger partial charge on any atom is -0.275 e. The van der Waals surface area contributed by atoms with Gasteiger partial charge in [0.05, 0.1) is 12.1 Å². The standard InChI is InChI=1S/C20H19ClN4O/c1-13-3-5-16(6-4-13)19-11-18(15-7-9-17(21)10-8-15)24(14(2)26)20-22-12-23-25(19)20/h3-10,12,18-19H,11H2,1-2H3/t18-,19-/m1/s1. The molecule has 0 unspecified atom stereocenters. The monoisotopic (exact) mass is 366 g/mol. The molecule has 0 saturated heterocycles. The van der Waals surface area contributed by atoms with Gasteiger partial charge in [0.1, 0.15) is 6.33 Å². The molecule has 2 aromatic carbocycles. The van der Waals surface area contributed by atoms with Crippen LogP contribution in [0.3, 0.4) is 0 Å². The summed E-state index contributed by atoms with van der Waals surface area (Å²) in [5.41, 5.74) is 3.41. The van der Waals surface area contributed by atoms with Crippen LogP contribution in [-0.2, 0) is 4.79 Å². The lowest BCUT2D eigenvalue weighted by Gasteiger charge is -2.38. The average molecular weight is 367 g/mol. The lowest BCUT2D eigenvalue weighted by atomic mass is 9.91. The zero-order chi connectivity index (χ0) is 18.3. The molecule has 6 heteroatoms. The fraction of sp³-hybridized carbons (Fsp3) is 0.250. The van der Waals surface area contributed by atoms with Gasteiger partial charge in [0, 0.05) is 11.9 Å². The molecule has 0 fully saturated rings. The lowest BCUT2D eigenvalue weighted by Crippen LogP contribution is -2.41. The van der Waals surface area contributed by atoms with Crippen LogP contribution in [0.4, 0.5) is 5.95 Å². The normalized spacial score (nSPS) is 19.3. The Morgan fingerprint density at radius 2 is 1.65 bits per heavy atom. The van der Waals surface area contributed by atoms with Gasteiger partial charge in [-0.2, -0.15) is 10.1 Å². The quantitative estimate of drug-likeness (QED) is 0.678. The van der Waals surface area contributed by atoms with E-state index in [2.05, 4.69) is 41.3 Å². The van der Waals surface area contributed by atoms with Crippen LogP contribution in [0.25, 0.3) is 0 Å². The topological polar surface area (TPSA) is 51.0 Å². The van der Waals surface area contributed by atoms with Gasteiger partial charge in [-0.3, -0.25) is 9.69 Å². The molecule has 1 amide bonds. The number of carbonyl (C=O) groups excluding carboxylic acids is 1. The first kappa shape index (κ1) is 16.8. The van der Waals surface area contributed by atoms with Crippen molar-refractivity contribution in [3.63, 3.8) is 0 Å². The molecule has 0 spiro atoms. The Bertz CT molecular complexity index is 933. The summed E-state index contributed by atoms with van der Waals surface area (Å²) in [6.07, 6.45) is 2.23. The summed E-state index contributed by atoms with van der Waals surface area (Å²) in [5, 5.41) is 5.08. The molecule has 0 radical (unpaired) electrons. The maximum Gasteiger partial charge on any atom is 0.231 e. The van der Waals surface area contributed by atoms with Crippen molar-refractivity contribution in [1.29, 1.82) is 0 Å². The van der Waals surface area contributed by atoms with Crippen molar-refractivity contribution in [3.8, 4) is 0 Å². The number of hydrogen-bond acceptors (Lipinski definition) is 3. The number of rotatable bonds is 2. The highest BCUT2D eigenvalue weighted by Crippen LogP contribution is 2.41. The van der Waals surface area contributed by atoms with Gasteiger partial charge in [0.2, 0.25) is 11.9 Å². The summed E-state index contributed by atoms with van der Waals surface area (Å²) in [6.45, 7) is 3.63. The van der Waals surface area contributed by atoms with Gasteiger partial charge in [0.15, 0.2) is 0 Å². The summed E-state index contributed by atoms with van der Waals surface area (Å²) in [5.74, 6) is 0.524. The van der Waals surface area contributed by atoms with Crippen LogP contribution in [0.5, 0.6) is 0 Å². The zero-order valence-electron chi connectivity index (χ0n) is 14.6. The third-order valence-corrected chi connectivity index (χ3v) is 5.13. The lowest BCUT2D eigenvalue weighted by molar-refractivity contribution is -0.117. The van der Waals surface area contributed by atoms with E-state index in [1.165, 1.54) is 11.9 Å². The molecule has 2 atom stereocenters. The second-order valence-electron chi connectivity index (χ2n) is 6.62. The van der Waals surface area contributed by atoms with Gasteiger partial charge in [0.25, 0.3) is 0 Å². The van der Waals surface area contributed by atoms with Crippen LogP contribution in [0.15, 0.2) is 54.9 Å². The Labute approximate surface area is 157 Å². The molecule has 0 aliphatic carbocycles. The number of amides is 1. The molecule has 0 saturated carbocycles. The molecule has 1 aliphatic rings. The summed E-state index contributed by atoms with van der Waals surface area (Å²) < 4.78 is 1.85. The number of hydrogen-bond donors (Lipinski definition) is 0. The van der Waals surface area contributed by atoms with Crippen molar-refractivity contribution in [2.45, 2.75) is 32.4 Å². The maximum atomic E-state index is 12.4. The predicted octanol–water partition coefficient (Wildman–Crippen LogP) is 4.33. The predicted molar refractivity (Wildman–Crippen MR) is 101 cm³/mol. The first-order chi connectivity index (χ1) is 12.5. The number of aromatic nitrogens is 3. The highest BCUT2D eigenvalue weighted by molar-refractivity contribution is 6.30. The minimum atomic E-state index is -0.118. The molecule has 26 heavy (non-hydrogen) atoms. The Morgan fingerprint density at radius 1 is 1.04 bits per heavy atom. The number of carbonyl (C=O) groups is 1. The van der Waals surface area contributed by atoms with Crippen molar-refractivity contribution in [2.24, 2.45) is 0 Å². The number of aryl methyl sites for hydroxylation is 1. The van der Waals surface area contributed by atoms with E-state index in [1.54, 1.807) is 11.8 Å². The van der Waals surface area contributed by atoms with Crippen LogP contribution in [0.1, 0.15) is 42.1 Å². The van der Waals surface area contributed by atoms with Crippen molar-refractivity contribution < 1.29 is 4.79 Å². The van der Waals surface area contributed by atoms with Crippen LogP contribution in [-0.4, -0.2) is 20.7 Å². The van der Waals surface area contributed by atoms with E-state index in [-0.39, 0.29) is 18.0 Å². The molecule has 1 aliphatic heterocycles. The van der Waals surface area contributed by atoms with Crippen LogP contribution in [0, 0.1) is 6.92 Å². The van der Waals surface area contributed by atoms with Gasteiger partial charge in [-0.25, -0.2) is 4.68 Å². The molecular formula is C20H19ClN4O. The summed E-state index contributed by atoms with van der Waals surface area (Å²) in [6, 6.07) is 16.0. The van der Waals surface area contributed by atoms with Crippen molar-refractivity contribution >= 4 is 23.5 Å². The summed E-state index contributed by atoms with van der Waals surface area (Å²) >= 11 is 6.05. The third-order valence-electron chi connectivity index (χ3n) is 4.88. The largest absolute Gasteiger partial charge is 0.275 e. The number of nitrogens with zero attached hydrogens (tertiary/aromatic N) is 4. The van der Waals surface area contributed by atoms with E-state index in [0.29, 0.717) is 11.0 Å². The van der Waals surface area contributed by atoms with E-state index < -0.39 is 0 Å². The molecule has 0 bridgehead atoms. The van der Waals surface area contributed by atoms with Gasteiger partial charge in [-0.1, -0.05) is 53.6 Å². The van der Waals surface area contributed by atoms with Gasteiger partial charge < -0.3 is 0 Å². The van der Waals surface area contributed by atoms with Crippen LogP contribution >= 0.6 is 11.6 Å². The van der Waals surface area contributed by atoms with Gasteiger partial charge in [-0.05, 0) is 36.6 Å². The molecule has 0 N–H and O–H groups in total. The van der Waals surface area contributed by atoms with Crippen molar-refractivity contribution in [3.05, 3.63) is 76.6 Å². The van der Waals surface area contributed by atoms with E-state index in [9.17, 15) is 4.79 Å². The maximum absolute atomic E-state index is 12.4. The fourth-order valence-corrected chi connectivity index (χ4v) is 3.71. The Kier molecular flexibility index (Phi) is 4.24. The van der Waals surface area contributed by atoms with Gasteiger partial charge in [-0.15, -0.1) is 0 Å². The summed E-state index contributed by atoms with van der Waals surface area (Å²) in [7, 11) is 0. The van der Waals surface area contributed by atoms with Crippen LogP contribution < -0.4 is 4.90 Å². The molecule has 3 aromatic rings.